The Morgan fingerprint density at radius 1 is 1.24 bits per heavy atom. The van der Waals surface area contributed by atoms with Crippen molar-refractivity contribution in [3.8, 4) is 5.75 Å². The molecule has 3 aromatic rings. The maximum absolute atomic E-state index is 8.39. The van der Waals surface area contributed by atoms with Crippen LogP contribution in [-0.4, -0.2) is 22.9 Å². The van der Waals surface area contributed by atoms with Crippen molar-refractivity contribution in [1.82, 2.24) is 9.97 Å². The topological polar surface area (TPSA) is 100 Å². The molecule has 1 aliphatic rings. The number of rotatable bonds is 3. The fourth-order valence-electron chi connectivity index (χ4n) is 3.19. The summed E-state index contributed by atoms with van der Waals surface area (Å²) in [7, 11) is 1.59. The molecule has 4 rings (SSSR count). The molecule has 2 aromatic carbocycles. The number of anilines is 1. The average molecular weight is 333 g/mol. The Kier molecular flexibility index (Phi) is 3.72. The Bertz CT molecular complexity index is 1010. The van der Waals surface area contributed by atoms with E-state index in [4.69, 9.17) is 15.9 Å². The van der Waals surface area contributed by atoms with Crippen LogP contribution < -0.4 is 16.0 Å². The number of H-pyrrole nitrogens is 1. The Labute approximate surface area is 144 Å². The van der Waals surface area contributed by atoms with E-state index in [0.29, 0.717) is 28.5 Å². The molecule has 126 valence electrons. The van der Waals surface area contributed by atoms with Crippen molar-refractivity contribution in [2.24, 2.45) is 10.9 Å². The maximum atomic E-state index is 8.39. The third-order valence-corrected chi connectivity index (χ3v) is 4.55. The number of aromatic nitrogens is 2. The third kappa shape index (κ3) is 2.87. The molecule has 25 heavy (non-hydrogen) atoms. The van der Waals surface area contributed by atoms with Crippen LogP contribution in [0.5, 0.6) is 5.75 Å². The highest BCUT2D eigenvalue weighted by atomic mass is 16.5. The lowest BCUT2D eigenvalue weighted by Gasteiger charge is -2.06. The zero-order valence-corrected chi connectivity index (χ0v) is 13.9. The van der Waals surface area contributed by atoms with Gasteiger partial charge in [0.1, 0.15) is 22.6 Å². The van der Waals surface area contributed by atoms with Crippen LogP contribution in [0.25, 0.3) is 10.9 Å². The van der Waals surface area contributed by atoms with Gasteiger partial charge < -0.3 is 15.5 Å². The third-order valence-electron chi connectivity index (χ3n) is 4.55. The molecule has 1 fully saturated rings. The number of aromatic amines is 1. The lowest BCUT2D eigenvalue weighted by atomic mass is 10.1. The number of hydrogen-bond donors (Lipinski definition) is 3. The normalized spacial score (nSPS) is 19.8. The van der Waals surface area contributed by atoms with E-state index in [1.54, 1.807) is 7.11 Å². The predicted molar refractivity (Wildman–Crippen MR) is 97.6 cm³/mol. The number of nitrogen functional groups attached to an aromatic ring is 1. The highest BCUT2D eigenvalue weighted by Crippen LogP contribution is 2.48. The number of nitrogens with two attached hydrogens (primary N) is 1. The van der Waals surface area contributed by atoms with Crippen LogP contribution in [-0.2, 0) is 0 Å². The Hall–Kier alpha value is -3.15. The van der Waals surface area contributed by atoms with E-state index >= 15 is 0 Å². The molecule has 2 atom stereocenters. The lowest BCUT2D eigenvalue weighted by Crippen LogP contribution is -2.16. The zero-order chi connectivity index (χ0) is 17.4. The molecule has 0 amide bonds. The molecule has 0 spiro atoms. The number of benzene rings is 2. The van der Waals surface area contributed by atoms with Crippen molar-refractivity contribution in [2.45, 2.75) is 12.3 Å². The van der Waals surface area contributed by atoms with E-state index in [9.17, 15) is 0 Å². The van der Waals surface area contributed by atoms with Crippen molar-refractivity contribution in [3.63, 3.8) is 0 Å². The SMILES string of the molecule is COc1cccc2/c(=N/C(=N)C3CC3c3ccccc3)[nH]c(N)nc12. The van der Waals surface area contributed by atoms with Gasteiger partial charge in [-0.2, -0.15) is 0 Å². The minimum absolute atomic E-state index is 0.144. The minimum atomic E-state index is 0.144. The van der Waals surface area contributed by atoms with E-state index < -0.39 is 0 Å². The molecule has 0 bridgehead atoms. The fraction of sp³-hybridized carbons (Fsp3) is 0.211. The minimum Gasteiger partial charge on any atom is -0.494 e. The first kappa shape index (κ1) is 15.4. The van der Waals surface area contributed by atoms with Gasteiger partial charge in [0, 0.05) is 11.3 Å². The average Bonchev–Trinajstić information content (AvgIpc) is 3.43. The van der Waals surface area contributed by atoms with E-state index in [1.807, 2.05) is 36.4 Å². The predicted octanol–water partition coefficient (Wildman–Crippen LogP) is 2.84. The van der Waals surface area contributed by atoms with Crippen LogP contribution in [0, 0.1) is 11.3 Å². The first-order chi connectivity index (χ1) is 12.2. The summed E-state index contributed by atoms with van der Waals surface area (Å²) in [6, 6.07) is 15.9. The zero-order valence-electron chi connectivity index (χ0n) is 13.9. The second-order valence-corrected chi connectivity index (χ2v) is 6.18. The number of fused-ring (bicyclic) bond motifs is 1. The van der Waals surface area contributed by atoms with E-state index in [0.717, 1.165) is 11.8 Å². The molecule has 0 saturated heterocycles. The van der Waals surface area contributed by atoms with E-state index in [-0.39, 0.29) is 11.9 Å². The molecule has 6 nitrogen and oxygen atoms in total. The van der Waals surface area contributed by atoms with Crippen LogP contribution >= 0.6 is 0 Å². The number of nitrogens with zero attached hydrogens (tertiary/aromatic N) is 2. The number of para-hydroxylation sites is 1. The Morgan fingerprint density at radius 3 is 2.80 bits per heavy atom. The summed E-state index contributed by atoms with van der Waals surface area (Å²) >= 11 is 0. The second-order valence-electron chi connectivity index (χ2n) is 6.18. The molecule has 6 heteroatoms. The van der Waals surface area contributed by atoms with E-state index in [1.165, 1.54) is 5.56 Å². The van der Waals surface area contributed by atoms with Crippen molar-refractivity contribution >= 4 is 22.7 Å². The molecule has 1 aromatic heterocycles. The molecule has 1 heterocycles. The molecule has 0 aliphatic heterocycles. The summed E-state index contributed by atoms with van der Waals surface area (Å²) in [6.45, 7) is 0. The highest BCUT2D eigenvalue weighted by molar-refractivity contribution is 5.89. The number of nitrogens with one attached hydrogen (secondary N) is 2. The molecular formula is C19H19N5O. The van der Waals surface area contributed by atoms with Gasteiger partial charge in [-0.15, -0.1) is 0 Å². The van der Waals surface area contributed by atoms with Crippen molar-refractivity contribution in [3.05, 3.63) is 59.6 Å². The number of hydrogen-bond acceptors (Lipinski definition) is 4. The molecular weight excluding hydrogens is 314 g/mol. The smallest absolute Gasteiger partial charge is 0.199 e. The van der Waals surface area contributed by atoms with Gasteiger partial charge in [-0.3, -0.25) is 5.41 Å². The molecule has 4 N–H and O–H groups in total. The van der Waals surface area contributed by atoms with Gasteiger partial charge in [-0.05, 0) is 30.0 Å². The van der Waals surface area contributed by atoms with Crippen molar-refractivity contribution in [1.29, 1.82) is 5.41 Å². The monoisotopic (exact) mass is 333 g/mol. The van der Waals surface area contributed by atoms with Gasteiger partial charge in [-0.25, -0.2) is 9.98 Å². The van der Waals surface area contributed by atoms with Crippen molar-refractivity contribution < 1.29 is 4.74 Å². The first-order valence-corrected chi connectivity index (χ1v) is 8.18. The summed E-state index contributed by atoms with van der Waals surface area (Å²) in [5.74, 6) is 1.76. The van der Waals surface area contributed by atoms with Gasteiger partial charge in [0.05, 0.1) is 7.11 Å². The molecule has 0 radical (unpaired) electrons. The van der Waals surface area contributed by atoms with Crippen LogP contribution in [0.15, 0.2) is 53.5 Å². The summed E-state index contributed by atoms with van der Waals surface area (Å²) in [4.78, 5) is 11.8. The Morgan fingerprint density at radius 2 is 2.04 bits per heavy atom. The number of methoxy groups -OCH3 is 1. The van der Waals surface area contributed by atoms with Crippen LogP contribution in [0.2, 0.25) is 0 Å². The lowest BCUT2D eigenvalue weighted by molar-refractivity contribution is 0.419. The van der Waals surface area contributed by atoms with Crippen LogP contribution in [0.1, 0.15) is 17.9 Å². The largest absolute Gasteiger partial charge is 0.494 e. The quantitative estimate of drug-likeness (QED) is 0.507. The standard InChI is InChI=1S/C19H19N5O/c1-25-15-9-5-8-12-16(15)22-19(21)24-18(12)23-17(20)14-10-13(14)11-6-3-2-4-7-11/h2-9,13-14H,10H2,1H3,(H4,20,21,22,23,24). The second kappa shape index (κ2) is 6.05. The van der Waals surface area contributed by atoms with Gasteiger partial charge in [-0.1, -0.05) is 36.4 Å². The molecule has 2 unspecified atom stereocenters. The number of ether oxygens (including phenoxy) is 1. The summed E-state index contributed by atoms with van der Waals surface area (Å²) < 4.78 is 5.35. The van der Waals surface area contributed by atoms with Gasteiger partial charge in [0.2, 0.25) is 0 Å². The molecule has 1 saturated carbocycles. The molecule has 1 aliphatic carbocycles. The first-order valence-electron chi connectivity index (χ1n) is 8.18. The summed E-state index contributed by atoms with van der Waals surface area (Å²) in [5.41, 5.74) is 8.33. The van der Waals surface area contributed by atoms with Gasteiger partial charge >= 0.3 is 0 Å². The number of amidine groups is 1. The van der Waals surface area contributed by atoms with Gasteiger partial charge in [0.15, 0.2) is 5.95 Å². The van der Waals surface area contributed by atoms with Crippen LogP contribution in [0.3, 0.4) is 0 Å². The van der Waals surface area contributed by atoms with Crippen molar-refractivity contribution in [2.75, 3.05) is 12.8 Å². The van der Waals surface area contributed by atoms with Crippen LogP contribution in [0.4, 0.5) is 5.95 Å². The highest BCUT2D eigenvalue weighted by Gasteiger charge is 2.41. The summed E-state index contributed by atoms with van der Waals surface area (Å²) in [6.07, 6.45) is 0.953. The maximum Gasteiger partial charge on any atom is 0.199 e. The van der Waals surface area contributed by atoms with E-state index in [2.05, 4.69) is 27.1 Å². The fourth-order valence-corrected chi connectivity index (χ4v) is 3.19. The van der Waals surface area contributed by atoms with Gasteiger partial charge in [0.25, 0.3) is 0 Å². The summed E-state index contributed by atoms with van der Waals surface area (Å²) in [5, 5.41) is 9.18. The Balaban J connectivity index is 1.71.